The van der Waals surface area contributed by atoms with Gasteiger partial charge in [0.2, 0.25) is 5.91 Å². The molecule has 2 bridgehead atoms. The predicted molar refractivity (Wildman–Crippen MR) is 175 cm³/mol. The van der Waals surface area contributed by atoms with Crippen LogP contribution in [-0.2, 0) is 27.8 Å². The smallest absolute Gasteiger partial charge is 0.308 e. The molecule has 3 aromatic rings. The molecule has 1 saturated heterocycles. The molecule has 46 heavy (non-hydrogen) atoms. The molecule has 2 aliphatic heterocycles. The second kappa shape index (κ2) is 12.3. The third kappa shape index (κ3) is 5.20. The summed E-state index contributed by atoms with van der Waals surface area (Å²) in [7, 11) is 1.64. The molecule has 4 aliphatic rings. The molecule has 2 aliphatic carbocycles. The Hall–Kier alpha value is -4.04. The van der Waals surface area contributed by atoms with E-state index >= 15 is 0 Å². The van der Waals surface area contributed by atoms with Crippen LogP contribution in [0.3, 0.4) is 0 Å². The lowest BCUT2D eigenvalue weighted by atomic mass is 9.50. The van der Waals surface area contributed by atoms with E-state index in [2.05, 4.69) is 49.1 Å². The summed E-state index contributed by atoms with van der Waals surface area (Å²) in [4.78, 5) is 31.1. The zero-order valence-corrected chi connectivity index (χ0v) is 27.2. The fourth-order valence-electron chi connectivity index (χ4n) is 8.96. The number of piperidine rings is 1. The van der Waals surface area contributed by atoms with Crippen molar-refractivity contribution in [1.29, 1.82) is 0 Å². The van der Waals surface area contributed by atoms with Crippen molar-refractivity contribution < 1.29 is 28.2 Å². The van der Waals surface area contributed by atoms with Gasteiger partial charge < -0.3 is 23.5 Å². The van der Waals surface area contributed by atoms with Crippen LogP contribution in [-0.4, -0.2) is 66.6 Å². The van der Waals surface area contributed by atoms with Gasteiger partial charge in [-0.15, -0.1) is 0 Å². The number of esters is 1. The summed E-state index contributed by atoms with van der Waals surface area (Å²) in [5, 5.41) is 0. The average Bonchev–Trinajstić information content (AvgIpc) is 3.69. The van der Waals surface area contributed by atoms with Gasteiger partial charge in [0.1, 0.15) is 11.9 Å². The normalized spacial score (nSPS) is 26.1. The predicted octanol–water partition coefficient (Wildman–Crippen LogP) is 6.06. The van der Waals surface area contributed by atoms with E-state index in [1.54, 1.807) is 25.7 Å². The minimum absolute atomic E-state index is 0.0187. The first kappa shape index (κ1) is 30.6. The summed E-state index contributed by atoms with van der Waals surface area (Å²) < 4.78 is 24.1. The fourth-order valence-corrected chi connectivity index (χ4v) is 8.96. The van der Waals surface area contributed by atoms with E-state index in [1.807, 2.05) is 23.1 Å². The molecule has 8 heteroatoms. The largest absolute Gasteiger partial charge is 0.493 e. The fraction of sp³-hybridized carbons (Fsp3) is 0.474. The van der Waals surface area contributed by atoms with E-state index in [9.17, 15) is 9.59 Å². The van der Waals surface area contributed by atoms with Gasteiger partial charge in [0.15, 0.2) is 11.5 Å². The number of hydrogen-bond donors (Lipinski definition) is 0. The second-order valence-corrected chi connectivity index (χ2v) is 13.8. The summed E-state index contributed by atoms with van der Waals surface area (Å²) in [6.45, 7) is 8.30. The monoisotopic (exact) mass is 624 g/mol. The minimum Gasteiger partial charge on any atom is -0.493 e. The zero-order chi connectivity index (χ0) is 32.0. The molecule has 2 fully saturated rings. The van der Waals surface area contributed by atoms with Crippen LogP contribution in [0.5, 0.6) is 17.2 Å². The molecule has 0 N–H and O–H groups in total. The Balaban J connectivity index is 1.30. The lowest BCUT2D eigenvalue weighted by Gasteiger charge is -2.60. The highest BCUT2D eigenvalue weighted by atomic mass is 16.5. The number of likely N-dealkylation sites (tertiary alicyclic amines) is 1. The molecule has 242 valence electrons. The standard InChI is InChI=1S/C38H44N2O6/c1-24(2)22-40(34(42)13-10-27-15-19-44-23-27)30-12-11-29-31-20-28-32(45-25(3)41)21-33(43-4)36-35(28)38(29,37(30)46-36)16-18-39(31)17-14-26-8-6-5-7-9-26/h5-10,13,15,19,21,23-24,29-31,37H,11-12,14,16-18,20,22H2,1-4H3/t29-,30+,31+,37+,38-/m0/s1. The molecule has 7 rings (SSSR count). The summed E-state index contributed by atoms with van der Waals surface area (Å²) >= 11 is 0. The second-order valence-electron chi connectivity index (χ2n) is 13.8. The Morgan fingerprint density at radius 2 is 1.98 bits per heavy atom. The van der Waals surface area contributed by atoms with Crippen LogP contribution < -0.4 is 14.2 Å². The van der Waals surface area contributed by atoms with Gasteiger partial charge in [-0.2, -0.15) is 0 Å². The molecule has 3 heterocycles. The highest BCUT2D eigenvalue weighted by Gasteiger charge is 2.67. The maximum Gasteiger partial charge on any atom is 0.308 e. The number of ether oxygens (including phenoxy) is 3. The number of benzene rings is 2. The molecule has 2 aromatic carbocycles. The van der Waals surface area contributed by atoms with Crippen molar-refractivity contribution in [2.45, 2.75) is 76.5 Å². The van der Waals surface area contributed by atoms with Crippen molar-refractivity contribution in [1.82, 2.24) is 9.80 Å². The van der Waals surface area contributed by atoms with Crippen molar-refractivity contribution >= 4 is 18.0 Å². The molecule has 0 unspecified atom stereocenters. The van der Waals surface area contributed by atoms with Gasteiger partial charge in [-0.25, -0.2) is 0 Å². The average molecular weight is 625 g/mol. The number of amides is 1. The van der Waals surface area contributed by atoms with Crippen LogP contribution in [0.25, 0.3) is 6.08 Å². The molecule has 1 aromatic heterocycles. The molecule has 0 radical (unpaired) electrons. The van der Waals surface area contributed by atoms with E-state index in [1.165, 1.54) is 12.5 Å². The van der Waals surface area contributed by atoms with Crippen LogP contribution in [0.4, 0.5) is 0 Å². The van der Waals surface area contributed by atoms with E-state index in [-0.39, 0.29) is 41.4 Å². The molecule has 8 nitrogen and oxygen atoms in total. The minimum atomic E-state index is -0.348. The Bertz CT molecular complexity index is 1620. The van der Waals surface area contributed by atoms with Crippen molar-refractivity contribution in [2.24, 2.45) is 11.8 Å². The van der Waals surface area contributed by atoms with E-state index < -0.39 is 0 Å². The summed E-state index contributed by atoms with van der Waals surface area (Å²) in [6, 6.07) is 14.5. The number of carbonyl (C=O) groups excluding carboxylic acids is 2. The SMILES string of the molecule is COc1cc(OC(C)=O)c2c3c1O[C@@H]1[C@H](N(CC(C)C)C(=O)C=Cc4ccoc4)CC[C@H]4[C@@H](C2)N(CCc2ccccc2)CC[C@]314. The van der Waals surface area contributed by atoms with Crippen molar-refractivity contribution in [3.63, 3.8) is 0 Å². The lowest BCUT2D eigenvalue weighted by Crippen LogP contribution is -2.69. The third-order valence-electron chi connectivity index (χ3n) is 10.7. The maximum atomic E-state index is 14.0. The first-order chi connectivity index (χ1) is 22.3. The summed E-state index contributed by atoms with van der Waals surface area (Å²) in [5.41, 5.74) is 4.08. The number of furan rings is 1. The molecule has 5 atom stereocenters. The van der Waals surface area contributed by atoms with Gasteiger partial charge in [0.05, 0.1) is 25.7 Å². The van der Waals surface area contributed by atoms with E-state index in [0.717, 1.165) is 67.6 Å². The molecule has 1 saturated carbocycles. The van der Waals surface area contributed by atoms with Crippen molar-refractivity contribution in [3.05, 3.63) is 83.3 Å². The van der Waals surface area contributed by atoms with Crippen LogP contribution in [0, 0.1) is 11.8 Å². The molecule has 1 spiro atoms. The Morgan fingerprint density at radius 3 is 2.70 bits per heavy atom. The molecular weight excluding hydrogens is 580 g/mol. The molecule has 1 amide bonds. The third-order valence-corrected chi connectivity index (χ3v) is 10.7. The number of carbonyl (C=O) groups is 2. The first-order valence-electron chi connectivity index (χ1n) is 16.7. The van der Waals surface area contributed by atoms with Gasteiger partial charge in [-0.05, 0) is 68.2 Å². The van der Waals surface area contributed by atoms with Crippen LogP contribution in [0.1, 0.15) is 62.3 Å². The Labute approximate surface area is 271 Å². The van der Waals surface area contributed by atoms with Gasteiger partial charge in [-0.3, -0.25) is 14.5 Å². The zero-order valence-electron chi connectivity index (χ0n) is 27.2. The highest BCUT2D eigenvalue weighted by Crippen LogP contribution is 2.65. The van der Waals surface area contributed by atoms with Crippen LogP contribution in [0.15, 0.2) is 65.5 Å². The van der Waals surface area contributed by atoms with E-state index in [4.69, 9.17) is 18.6 Å². The summed E-state index contributed by atoms with van der Waals surface area (Å²) in [5.74, 6) is 2.18. The Kier molecular flexibility index (Phi) is 8.17. The van der Waals surface area contributed by atoms with Crippen molar-refractivity contribution in [2.75, 3.05) is 26.7 Å². The van der Waals surface area contributed by atoms with Gasteiger partial charge >= 0.3 is 5.97 Å². The lowest BCUT2D eigenvalue weighted by molar-refractivity contribution is -0.138. The highest BCUT2D eigenvalue weighted by molar-refractivity contribution is 5.92. The number of methoxy groups -OCH3 is 1. The first-order valence-corrected chi connectivity index (χ1v) is 16.7. The van der Waals surface area contributed by atoms with Crippen LogP contribution in [0.2, 0.25) is 0 Å². The number of hydrogen-bond acceptors (Lipinski definition) is 7. The maximum absolute atomic E-state index is 14.0. The Morgan fingerprint density at radius 1 is 1.15 bits per heavy atom. The van der Waals surface area contributed by atoms with Gasteiger partial charge in [0.25, 0.3) is 0 Å². The van der Waals surface area contributed by atoms with Gasteiger partial charge in [-0.1, -0.05) is 44.2 Å². The van der Waals surface area contributed by atoms with Gasteiger partial charge in [0, 0.05) is 60.3 Å². The summed E-state index contributed by atoms with van der Waals surface area (Å²) in [6.07, 6.45) is 11.0. The quantitative estimate of drug-likeness (QED) is 0.154. The number of rotatable bonds is 10. The number of nitrogens with zero attached hydrogens (tertiary/aromatic N) is 2. The van der Waals surface area contributed by atoms with Crippen LogP contribution >= 0.6 is 0 Å². The topological polar surface area (TPSA) is 81.5 Å². The van der Waals surface area contributed by atoms with E-state index in [0.29, 0.717) is 24.0 Å². The molecular formula is C38H44N2O6. The van der Waals surface area contributed by atoms with Crippen molar-refractivity contribution in [3.8, 4) is 17.2 Å².